The van der Waals surface area contributed by atoms with E-state index in [0.29, 0.717) is 17.9 Å². The Bertz CT molecular complexity index is 682. The normalized spacial score (nSPS) is 11.2. The summed E-state index contributed by atoms with van der Waals surface area (Å²) in [4.78, 5) is 0.253. The van der Waals surface area contributed by atoms with Crippen LogP contribution < -0.4 is 11.1 Å². The van der Waals surface area contributed by atoms with Crippen molar-refractivity contribution in [3.63, 3.8) is 0 Å². The average Bonchev–Trinajstić information content (AvgIpc) is 2.41. The van der Waals surface area contributed by atoms with E-state index in [-0.39, 0.29) is 10.6 Å². The predicted molar refractivity (Wildman–Crippen MR) is 82.3 cm³/mol. The third-order valence-electron chi connectivity index (χ3n) is 2.91. The summed E-state index contributed by atoms with van der Waals surface area (Å²) in [5.41, 5.74) is 7.52. The summed E-state index contributed by atoms with van der Waals surface area (Å²) in [6.45, 7) is 2.57. The first-order valence-corrected chi connectivity index (χ1v) is 8.08. The Kier molecular flexibility index (Phi) is 4.29. The molecule has 3 N–H and O–H groups in total. The molecule has 106 valence electrons. The highest BCUT2D eigenvalue weighted by molar-refractivity contribution is 7.90. The predicted octanol–water partition coefficient (Wildman–Crippen LogP) is 2.67. The minimum absolute atomic E-state index is 0.0321. The average molecular weight is 290 g/mol. The van der Waals surface area contributed by atoms with E-state index >= 15 is 0 Å². The van der Waals surface area contributed by atoms with Gasteiger partial charge in [0.2, 0.25) is 0 Å². The zero-order valence-corrected chi connectivity index (χ0v) is 12.2. The van der Waals surface area contributed by atoms with Crippen molar-refractivity contribution in [3.8, 4) is 0 Å². The van der Waals surface area contributed by atoms with Crippen molar-refractivity contribution in [1.29, 1.82) is 0 Å². The van der Waals surface area contributed by atoms with Crippen molar-refractivity contribution in [2.45, 2.75) is 17.6 Å². The molecule has 0 aliphatic rings. The molecule has 0 unspecified atom stereocenters. The summed E-state index contributed by atoms with van der Waals surface area (Å²) in [7, 11) is -3.43. The van der Waals surface area contributed by atoms with E-state index in [0.717, 1.165) is 5.56 Å². The first-order chi connectivity index (χ1) is 9.53. The van der Waals surface area contributed by atoms with Crippen LogP contribution in [0.4, 0.5) is 11.4 Å². The molecule has 0 saturated carbocycles. The number of sulfone groups is 1. The number of hydrogen-bond donors (Lipinski definition) is 2. The van der Waals surface area contributed by atoms with Gasteiger partial charge in [0.15, 0.2) is 9.84 Å². The van der Waals surface area contributed by atoms with Gasteiger partial charge in [-0.2, -0.15) is 0 Å². The van der Waals surface area contributed by atoms with E-state index in [4.69, 9.17) is 5.73 Å². The molecule has 4 nitrogen and oxygen atoms in total. The first-order valence-electron chi connectivity index (χ1n) is 6.43. The Hall–Kier alpha value is -2.01. The van der Waals surface area contributed by atoms with Crippen LogP contribution in [-0.2, 0) is 15.6 Å². The maximum absolute atomic E-state index is 12.6. The Balaban J connectivity index is 2.41. The highest BCUT2D eigenvalue weighted by Crippen LogP contribution is 2.27. The van der Waals surface area contributed by atoms with E-state index in [1.54, 1.807) is 24.3 Å². The van der Waals surface area contributed by atoms with Crippen molar-refractivity contribution in [2.75, 3.05) is 17.6 Å². The van der Waals surface area contributed by atoms with Crippen LogP contribution in [0.25, 0.3) is 0 Å². The molecule has 0 atom stereocenters. The summed E-state index contributed by atoms with van der Waals surface area (Å²) in [6.07, 6.45) is 0. The largest absolute Gasteiger partial charge is 0.399 e. The molecule has 0 bridgehead atoms. The molecule has 0 radical (unpaired) electrons. The molecule has 0 aliphatic heterocycles. The van der Waals surface area contributed by atoms with Gasteiger partial charge in [-0.3, -0.25) is 0 Å². The lowest BCUT2D eigenvalue weighted by Gasteiger charge is -2.12. The first kappa shape index (κ1) is 14.4. The van der Waals surface area contributed by atoms with E-state index in [1.807, 2.05) is 25.1 Å². The van der Waals surface area contributed by atoms with Crippen molar-refractivity contribution >= 4 is 21.2 Å². The van der Waals surface area contributed by atoms with Crippen molar-refractivity contribution in [3.05, 3.63) is 54.1 Å². The molecule has 5 heteroatoms. The van der Waals surface area contributed by atoms with Crippen LogP contribution in [0.2, 0.25) is 0 Å². The van der Waals surface area contributed by atoms with Gasteiger partial charge in [-0.1, -0.05) is 30.3 Å². The molecular formula is C15H18N2O2S. The van der Waals surface area contributed by atoms with Gasteiger partial charge in [0.05, 0.1) is 16.3 Å². The fourth-order valence-electron chi connectivity index (χ4n) is 2.00. The van der Waals surface area contributed by atoms with Crippen LogP contribution in [0.3, 0.4) is 0 Å². The second-order valence-corrected chi connectivity index (χ2v) is 6.49. The van der Waals surface area contributed by atoms with Crippen molar-refractivity contribution in [2.24, 2.45) is 0 Å². The summed E-state index contributed by atoms with van der Waals surface area (Å²) >= 11 is 0. The number of nitrogens with one attached hydrogen (secondary N) is 1. The molecule has 0 saturated heterocycles. The second-order valence-electron chi connectivity index (χ2n) is 4.53. The van der Waals surface area contributed by atoms with Crippen LogP contribution in [0, 0.1) is 0 Å². The second kappa shape index (κ2) is 5.96. The minimum Gasteiger partial charge on any atom is -0.399 e. The maximum Gasteiger partial charge on any atom is 0.184 e. The van der Waals surface area contributed by atoms with Crippen LogP contribution in [-0.4, -0.2) is 15.0 Å². The van der Waals surface area contributed by atoms with Gasteiger partial charge in [0.25, 0.3) is 0 Å². The van der Waals surface area contributed by atoms with Gasteiger partial charge in [-0.05, 0) is 30.7 Å². The van der Waals surface area contributed by atoms with Crippen LogP contribution in [0.5, 0.6) is 0 Å². The fraction of sp³-hybridized carbons (Fsp3) is 0.200. The number of benzene rings is 2. The number of nitrogens with two attached hydrogens (primary N) is 1. The van der Waals surface area contributed by atoms with Gasteiger partial charge in [0, 0.05) is 12.2 Å². The van der Waals surface area contributed by atoms with Crippen LogP contribution in [0.1, 0.15) is 12.5 Å². The Morgan fingerprint density at radius 3 is 2.45 bits per heavy atom. The summed E-state index contributed by atoms with van der Waals surface area (Å²) in [5, 5.41) is 3.06. The molecule has 0 amide bonds. The zero-order chi connectivity index (χ0) is 14.6. The number of hydrogen-bond acceptors (Lipinski definition) is 4. The third kappa shape index (κ3) is 3.30. The molecule has 0 aliphatic carbocycles. The van der Waals surface area contributed by atoms with Crippen LogP contribution >= 0.6 is 0 Å². The summed E-state index contributed by atoms with van der Waals surface area (Å²) in [5.74, 6) is -0.0321. The molecule has 0 fully saturated rings. The van der Waals surface area contributed by atoms with Gasteiger partial charge in [-0.15, -0.1) is 0 Å². The Morgan fingerprint density at radius 2 is 1.80 bits per heavy atom. The lowest BCUT2D eigenvalue weighted by molar-refractivity contribution is 0.595. The Labute approximate surface area is 119 Å². The molecule has 0 heterocycles. The lowest BCUT2D eigenvalue weighted by atomic mass is 10.2. The van der Waals surface area contributed by atoms with Crippen LogP contribution in [0.15, 0.2) is 53.4 Å². The fourth-order valence-corrected chi connectivity index (χ4v) is 3.58. The number of nitrogen functional groups attached to an aromatic ring is 1. The molecule has 0 aromatic heterocycles. The van der Waals surface area contributed by atoms with Gasteiger partial charge in [0.1, 0.15) is 0 Å². The Morgan fingerprint density at radius 1 is 1.10 bits per heavy atom. The van der Waals surface area contributed by atoms with E-state index in [9.17, 15) is 8.42 Å². The molecule has 0 spiro atoms. The SMILES string of the molecule is CCNc1ccc(N)cc1S(=O)(=O)Cc1ccccc1. The molecule has 2 aromatic carbocycles. The van der Waals surface area contributed by atoms with E-state index in [1.165, 1.54) is 6.07 Å². The minimum atomic E-state index is -3.43. The van der Waals surface area contributed by atoms with Crippen molar-refractivity contribution < 1.29 is 8.42 Å². The van der Waals surface area contributed by atoms with Gasteiger partial charge in [-0.25, -0.2) is 8.42 Å². The van der Waals surface area contributed by atoms with Crippen molar-refractivity contribution in [1.82, 2.24) is 0 Å². The van der Waals surface area contributed by atoms with E-state index in [2.05, 4.69) is 5.32 Å². The van der Waals surface area contributed by atoms with E-state index < -0.39 is 9.84 Å². The topological polar surface area (TPSA) is 72.2 Å². The quantitative estimate of drug-likeness (QED) is 0.830. The highest BCUT2D eigenvalue weighted by atomic mass is 32.2. The monoisotopic (exact) mass is 290 g/mol. The molecule has 2 rings (SSSR count). The molecule has 2 aromatic rings. The number of anilines is 2. The smallest absolute Gasteiger partial charge is 0.184 e. The lowest BCUT2D eigenvalue weighted by Crippen LogP contribution is -2.10. The number of rotatable bonds is 5. The summed E-state index contributed by atoms with van der Waals surface area (Å²) in [6, 6.07) is 14.0. The zero-order valence-electron chi connectivity index (χ0n) is 11.3. The van der Waals surface area contributed by atoms with Gasteiger partial charge < -0.3 is 11.1 Å². The standard InChI is InChI=1S/C15H18N2O2S/c1-2-17-14-9-8-13(16)10-15(14)20(18,19)11-12-6-4-3-5-7-12/h3-10,17H,2,11,16H2,1H3. The summed E-state index contributed by atoms with van der Waals surface area (Å²) < 4.78 is 25.1. The van der Waals surface area contributed by atoms with Gasteiger partial charge >= 0.3 is 0 Å². The maximum atomic E-state index is 12.6. The molecule has 20 heavy (non-hydrogen) atoms. The third-order valence-corrected chi connectivity index (χ3v) is 4.63. The highest BCUT2D eigenvalue weighted by Gasteiger charge is 2.19. The molecular weight excluding hydrogens is 272 g/mol.